The van der Waals surface area contributed by atoms with Crippen LogP contribution in [0.4, 0.5) is 0 Å². The monoisotopic (exact) mass is 307 g/mol. The molecule has 0 aromatic heterocycles. The van der Waals surface area contributed by atoms with Gasteiger partial charge in [-0.2, -0.15) is 0 Å². The fraction of sp³-hybridized carbons (Fsp3) is 0.571. The van der Waals surface area contributed by atoms with Crippen LogP contribution in [0.2, 0.25) is 0 Å². The molecule has 0 N–H and O–H groups in total. The van der Waals surface area contributed by atoms with E-state index in [0.29, 0.717) is 11.9 Å². The first-order chi connectivity index (χ1) is 11.3. The van der Waals surface area contributed by atoms with Gasteiger partial charge in [0.25, 0.3) is 0 Å². The van der Waals surface area contributed by atoms with E-state index < -0.39 is 0 Å². The summed E-state index contributed by atoms with van der Waals surface area (Å²) in [5.41, 5.74) is 2.17. The number of hydrogen-bond acceptors (Lipinski definition) is 1. The highest BCUT2D eigenvalue weighted by Gasteiger charge is 2.51. The van der Waals surface area contributed by atoms with Gasteiger partial charge in [-0.1, -0.05) is 30.3 Å². The van der Waals surface area contributed by atoms with Crippen LogP contribution >= 0.6 is 0 Å². The van der Waals surface area contributed by atoms with Crippen molar-refractivity contribution >= 4 is 12.0 Å². The molecule has 1 heterocycles. The van der Waals surface area contributed by atoms with E-state index in [1.165, 1.54) is 32.1 Å². The van der Waals surface area contributed by atoms with Crippen LogP contribution in [0, 0.1) is 23.7 Å². The molecule has 4 aliphatic carbocycles. The van der Waals surface area contributed by atoms with Gasteiger partial charge in [-0.15, -0.1) is 0 Å². The van der Waals surface area contributed by atoms with Gasteiger partial charge in [0.1, 0.15) is 0 Å². The van der Waals surface area contributed by atoms with E-state index in [4.69, 9.17) is 0 Å². The van der Waals surface area contributed by atoms with Crippen LogP contribution in [0.15, 0.2) is 35.9 Å². The Kier molecular flexibility index (Phi) is 3.14. The lowest BCUT2D eigenvalue weighted by Crippen LogP contribution is -2.56. The third-order valence-electron chi connectivity index (χ3n) is 6.83. The fourth-order valence-corrected chi connectivity index (χ4v) is 6.21. The van der Waals surface area contributed by atoms with Gasteiger partial charge >= 0.3 is 0 Å². The van der Waals surface area contributed by atoms with Gasteiger partial charge in [-0.05, 0) is 73.8 Å². The molecule has 0 radical (unpaired) electrons. The molecular formula is C21H25NO. The van der Waals surface area contributed by atoms with Gasteiger partial charge in [0.05, 0.1) is 0 Å². The van der Waals surface area contributed by atoms with E-state index in [1.807, 2.05) is 18.2 Å². The summed E-state index contributed by atoms with van der Waals surface area (Å²) in [6.45, 7) is 0.949. The van der Waals surface area contributed by atoms with Crippen LogP contribution in [-0.4, -0.2) is 23.4 Å². The molecule has 5 aliphatic rings. The number of nitrogens with zero attached hydrogens (tertiary/aromatic N) is 1. The minimum absolute atomic E-state index is 0.325. The highest BCUT2D eigenvalue weighted by Crippen LogP contribution is 2.55. The molecule has 1 aromatic rings. The molecule has 5 fully saturated rings. The van der Waals surface area contributed by atoms with Gasteiger partial charge < -0.3 is 4.90 Å². The molecule has 1 aromatic carbocycles. The van der Waals surface area contributed by atoms with Crippen LogP contribution < -0.4 is 0 Å². The first kappa shape index (κ1) is 13.8. The van der Waals surface area contributed by atoms with E-state index in [9.17, 15) is 4.79 Å². The van der Waals surface area contributed by atoms with Crippen molar-refractivity contribution in [2.24, 2.45) is 23.7 Å². The Labute approximate surface area is 138 Å². The average Bonchev–Trinajstić information content (AvgIpc) is 2.89. The molecule has 1 amide bonds. The molecule has 2 heteroatoms. The van der Waals surface area contributed by atoms with Crippen LogP contribution in [0.25, 0.3) is 6.08 Å². The Morgan fingerprint density at radius 1 is 0.913 bits per heavy atom. The minimum atomic E-state index is 0.325. The summed E-state index contributed by atoms with van der Waals surface area (Å²) in [4.78, 5) is 15.3. The van der Waals surface area contributed by atoms with Crippen molar-refractivity contribution in [1.29, 1.82) is 0 Å². The topological polar surface area (TPSA) is 20.3 Å². The number of carbonyl (C=O) groups excluding carboxylic acids is 1. The summed E-state index contributed by atoms with van der Waals surface area (Å²) in [6.07, 6.45) is 10.1. The summed E-state index contributed by atoms with van der Waals surface area (Å²) in [5.74, 6) is 3.88. The lowest BCUT2D eigenvalue weighted by atomic mass is 9.54. The number of hydrogen-bond donors (Lipinski definition) is 0. The standard InChI is InChI=1S/C21H25NO/c23-21-17(9-14-4-2-1-3-5-14)6-7-22(21)20-18-10-15-8-16(12-18)13-19(20)11-15/h1-5,9,15-16,18-20H,6-8,10-13H2/b17-9+. The average molecular weight is 307 g/mol. The molecule has 4 saturated carbocycles. The van der Waals surface area contributed by atoms with Gasteiger partial charge in [0, 0.05) is 18.2 Å². The Morgan fingerprint density at radius 3 is 2.22 bits per heavy atom. The van der Waals surface area contributed by atoms with Gasteiger partial charge in [0.15, 0.2) is 0 Å². The highest BCUT2D eigenvalue weighted by atomic mass is 16.2. The molecule has 4 bridgehead atoms. The number of amides is 1. The zero-order valence-electron chi connectivity index (χ0n) is 13.7. The molecule has 1 saturated heterocycles. The molecule has 1 aliphatic heterocycles. The predicted molar refractivity (Wildman–Crippen MR) is 91.6 cm³/mol. The Bertz CT molecular complexity index is 619. The van der Waals surface area contributed by atoms with Gasteiger partial charge in [-0.3, -0.25) is 4.79 Å². The maximum absolute atomic E-state index is 13.0. The molecule has 120 valence electrons. The van der Waals surface area contributed by atoms with Crippen molar-refractivity contribution in [3.8, 4) is 0 Å². The second kappa shape index (κ2) is 5.22. The Morgan fingerprint density at radius 2 is 1.57 bits per heavy atom. The maximum atomic E-state index is 13.0. The first-order valence-corrected chi connectivity index (χ1v) is 9.34. The summed E-state index contributed by atoms with van der Waals surface area (Å²) in [6, 6.07) is 10.8. The number of likely N-dealkylation sites (tertiary alicyclic amines) is 1. The molecular weight excluding hydrogens is 282 g/mol. The SMILES string of the molecule is O=C1/C(=C/c2ccccc2)CCN1C1C2CC3CC(C2)CC1C3. The second-order valence-corrected chi connectivity index (χ2v) is 8.25. The molecule has 6 rings (SSSR count). The van der Waals surface area contributed by atoms with Crippen LogP contribution in [0.5, 0.6) is 0 Å². The van der Waals surface area contributed by atoms with Crippen LogP contribution in [0.3, 0.4) is 0 Å². The number of carbonyl (C=O) groups is 1. The molecule has 0 spiro atoms. The molecule has 0 atom stereocenters. The highest BCUT2D eigenvalue weighted by molar-refractivity contribution is 6.00. The molecule has 2 nitrogen and oxygen atoms in total. The minimum Gasteiger partial charge on any atom is -0.335 e. The number of rotatable bonds is 2. The Balaban J connectivity index is 1.39. The van der Waals surface area contributed by atoms with Crippen LogP contribution in [0.1, 0.15) is 44.1 Å². The van der Waals surface area contributed by atoms with Crippen molar-refractivity contribution < 1.29 is 4.79 Å². The van der Waals surface area contributed by atoms with Crippen molar-refractivity contribution in [2.75, 3.05) is 6.54 Å². The summed E-state index contributed by atoms with van der Waals surface area (Å²) in [7, 11) is 0. The quantitative estimate of drug-likeness (QED) is 0.752. The van der Waals surface area contributed by atoms with E-state index in [0.717, 1.165) is 47.8 Å². The third kappa shape index (κ3) is 2.26. The van der Waals surface area contributed by atoms with E-state index in [2.05, 4.69) is 23.1 Å². The lowest BCUT2D eigenvalue weighted by Gasteiger charge is -2.56. The zero-order chi connectivity index (χ0) is 15.4. The largest absolute Gasteiger partial charge is 0.335 e. The smallest absolute Gasteiger partial charge is 0.250 e. The van der Waals surface area contributed by atoms with E-state index in [1.54, 1.807) is 0 Å². The molecule has 0 unspecified atom stereocenters. The zero-order valence-corrected chi connectivity index (χ0v) is 13.7. The predicted octanol–water partition coefficient (Wildman–Crippen LogP) is 4.13. The first-order valence-electron chi connectivity index (χ1n) is 9.34. The molecule has 23 heavy (non-hydrogen) atoms. The normalized spacial score (nSPS) is 40.3. The van der Waals surface area contributed by atoms with Gasteiger partial charge in [0.2, 0.25) is 5.91 Å². The third-order valence-corrected chi connectivity index (χ3v) is 6.83. The van der Waals surface area contributed by atoms with Crippen molar-refractivity contribution in [1.82, 2.24) is 4.90 Å². The number of benzene rings is 1. The fourth-order valence-electron chi connectivity index (χ4n) is 6.21. The van der Waals surface area contributed by atoms with Crippen molar-refractivity contribution in [2.45, 2.75) is 44.6 Å². The van der Waals surface area contributed by atoms with Crippen molar-refractivity contribution in [3.05, 3.63) is 41.5 Å². The Hall–Kier alpha value is -1.57. The van der Waals surface area contributed by atoms with Gasteiger partial charge in [-0.25, -0.2) is 0 Å². The second-order valence-electron chi connectivity index (χ2n) is 8.25. The van der Waals surface area contributed by atoms with E-state index in [-0.39, 0.29) is 0 Å². The summed E-state index contributed by atoms with van der Waals surface area (Å²) >= 11 is 0. The summed E-state index contributed by atoms with van der Waals surface area (Å²) < 4.78 is 0. The lowest BCUT2D eigenvalue weighted by molar-refractivity contribution is -0.136. The summed E-state index contributed by atoms with van der Waals surface area (Å²) in [5, 5.41) is 0. The maximum Gasteiger partial charge on any atom is 0.250 e. The van der Waals surface area contributed by atoms with Crippen molar-refractivity contribution in [3.63, 3.8) is 0 Å². The van der Waals surface area contributed by atoms with Crippen LogP contribution in [-0.2, 0) is 4.79 Å². The van der Waals surface area contributed by atoms with E-state index >= 15 is 0 Å².